The predicted molar refractivity (Wildman–Crippen MR) is 125 cm³/mol. The summed E-state index contributed by atoms with van der Waals surface area (Å²) in [5.74, 6) is -2.51. The topological polar surface area (TPSA) is 114 Å². The summed E-state index contributed by atoms with van der Waals surface area (Å²) < 4.78 is 11.0. The molecule has 1 aliphatic carbocycles. The first-order chi connectivity index (χ1) is 16.4. The predicted octanol–water partition coefficient (Wildman–Crippen LogP) is 3.16. The molecule has 1 saturated heterocycles. The summed E-state index contributed by atoms with van der Waals surface area (Å²) in [6, 6.07) is 14.6. The lowest BCUT2D eigenvalue weighted by molar-refractivity contribution is -0.144. The van der Waals surface area contributed by atoms with E-state index < -0.39 is 36.0 Å². The minimum atomic E-state index is -1.08. The Bertz CT molecular complexity index is 1030. The van der Waals surface area contributed by atoms with E-state index >= 15 is 0 Å². The number of carbonyl (C=O) groups is 3. The molecule has 8 heteroatoms. The van der Waals surface area contributed by atoms with Crippen molar-refractivity contribution in [1.29, 1.82) is 0 Å². The molecule has 3 unspecified atom stereocenters. The summed E-state index contributed by atoms with van der Waals surface area (Å²) >= 11 is 0. The number of ether oxygens (including phenoxy) is 2. The molecule has 4 rings (SSSR count). The largest absolute Gasteiger partial charge is 0.480 e. The highest BCUT2D eigenvalue weighted by atomic mass is 16.5. The van der Waals surface area contributed by atoms with Gasteiger partial charge < -0.3 is 25.2 Å². The maximum atomic E-state index is 12.8. The zero-order valence-corrected chi connectivity index (χ0v) is 19.3. The Hall–Kier alpha value is -3.39. The van der Waals surface area contributed by atoms with Crippen molar-refractivity contribution in [3.8, 4) is 11.1 Å². The van der Waals surface area contributed by atoms with Crippen LogP contribution in [0.1, 0.15) is 37.3 Å². The number of fused-ring (bicyclic) bond motifs is 3. The number of nitrogens with one attached hydrogen (secondary N) is 2. The molecule has 1 heterocycles. The van der Waals surface area contributed by atoms with Crippen LogP contribution in [0.3, 0.4) is 0 Å². The smallest absolute Gasteiger partial charge is 0.407 e. The molecule has 2 amide bonds. The van der Waals surface area contributed by atoms with Crippen LogP contribution in [0.25, 0.3) is 11.1 Å². The number of aliphatic carboxylic acids is 1. The van der Waals surface area contributed by atoms with E-state index in [0.29, 0.717) is 6.42 Å². The molecule has 0 aromatic heterocycles. The zero-order valence-electron chi connectivity index (χ0n) is 19.3. The fraction of sp³-hybridized carbons (Fsp3) is 0.423. The Morgan fingerprint density at radius 3 is 2.26 bits per heavy atom. The van der Waals surface area contributed by atoms with Gasteiger partial charge in [0.1, 0.15) is 12.6 Å². The Kier molecular flexibility index (Phi) is 7.17. The minimum Gasteiger partial charge on any atom is -0.480 e. The van der Waals surface area contributed by atoms with Gasteiger partial charge in [-0.25, -0.2) is 9.59 Å². The first-order valence-electron chi connectivity index (χ1n) is 11.6. The third-order valence-electron chi connectivity index (χ3n) is 6.84. The average Bonchev–Trinajstić information content (AvgIpc) is 3.43. The molecule has 180 valence electrons. The molecule has 34 heavy (non-hydrogen) atoms. The fourth-order valence-electron chi connectivity index (χ4n) is 4.69. The molecule has 0 saturated carbocycles. The van der Waals surface area contributed by atoms with Gasteiger partial charge in [0, 0.05) is 5.92 Å². The number of benzene rings is 2. The Morgan fingerprint density at radius 2 is 1.68 bits per heavy atom. The molecule has 3 N–H and O–H groups in total. The molecule has 1 fully saturated rings. The van der Waals surface area contributed by atoms with Gasteiger partial charge in [0.05, 0.1) is 25.2 Å². The highest BCUT2D eigenvalue weighted by Gasteiger charge is 2.38. The van der Waals surface area contributed by atoms with Crippen molar-refractivity contribution >= 4 is 18.0 Å². The number of carboxylic acid groups (broad SMARTS) is 1. The highest BCUT2D eigenvalue weighted by molar-refractivity contribution is 5.86. The quantitative estimate of drug-likeness (QED) is 0.551. The monoisotopic (exact) mass is 466 g/mol. The number of hydrogen-bond acceptors (Lipinski definition) is 5. The molecule has 0 bridgehead atoms. The summed E-state index contributed by atoms with van der Waals surface area (Å²) in [6.45, 7) is 4.07. The van der Waals surface area contributed by atoms with Gasteiger partial charge in [-0.1, -0.05) is 68.8 Å². The maximum absolute atomic E-state index is 12.8. The van der Waals surface area contributed by atoms with Crippen LogP contribution in [0.2, 0.25) is 0 Å². The first kappa shape index (κ1) is 23.8. The Morgan fingerprint density at radius 1 is 1.06 bits per heavy atom. The van der Waals surface area contributed by atoms with Gasteiger partial charge >= 0.3 is 12.1 Å². The van der Waals surface area contributed by atoms with Crippen LogP contribution in [0.4, 0.5) is 4.79 Å². The summed E-state index contributed by atoms with van der Waals surface area (Å²) in [6.07, 6.45) is -0.0216. The molecule has 4 atom stereocenters. The van der Waals surface area contributed by atoms with Crippen molar-refractivity contribution in [2.75, 3.05) is 19.8 Å². The van der Waals surface area contributed by atoms with Gasteiger partial charge in [0.2, 0.25) is 5.91 Å². The van der Waals surface area contributed by atoms with Crippen LogP contribution >= 0.6 is 0 Å². The average molecular weight is 467 g/mol. The van der Waals surface area contributed by atoms with E-state index in [0.717, 1.165) is 22.3 Å². The minimum absolute atomic E-state index is 0.0658. The Balaban J connectivity index is 1.37. The third kappa shape index (κ3) is 4.77. The number of alkyl carbamates (subject to hydrolysis) is 1. The van der Waals surface area contributed by atoms with Gasteiger partial charge in [0.15, 0.2) is 0 Å². The van der Waals surface area contributed by atoms with Gasteiger partial charge in [0.25, 0.3) is 0 Å². The van der Waals surface area contributed by atoms with E-state index in [-0.39, 0.29) is 31.7 Å². The highest BCUT2D eigenvalue weighted by Crippen LogP contribution is 2.44. The van der Waals surface area contributed by atoms with E-state index in [4.69, 9.17) is 9.47 Å². The molecular formula is C26H30N2O6. The van der Waals surface area contributed by atoms with Crippen molar-refractivity contribution in [2.45, 2.75) is 38.3 Å². The van der Waals surface area contributed by atoms with Gasteiger partial charge in [-0.15, -0.1) is 0 Å². The summed E-state index contributed by atoms with van der Waals surface area (Å²) in [7, 11) is 0. The number of rotatable bonds is 8. The van der Waals surface area contributed by atoms with Crippen molar-refractivity contribution in [1.82, 2.24) is 10.6 Å². The van der Waals surface area contributed by atoms with Crippen LogP contribution < -0.4 is 10.6 Å². The standard InChI is InChI=1S/C26H30N2O6/c1-3-15(2)23(25(30)31)28-24(29)21-12-33-14-22(21)27-26(32)34-13-20-18-10-6-4-8-16(18)17-9-5-7-11-19(17)20/h4-11,15,20-23H,3,12-14H2,1-2H3,(H,27,32)(H,28,29)(H,30,31)/t15?,21?,22?,23-/m0/s1. The van der Waals surface area contributed by atoms with Gasteiger partial charge in [-0.2, -0.15) is 0 Å². The summed E-state index contributed by atoms with van der Waals surface area (Å²) in [4.78, 5) is 36.9. The van der Waals surface area contributed by atoms with Gasteiger partial charge in [-0.05, 0) is 28.2 Å². The number of amides is 2. The fourth-order valence-corrected chi connectivity index (χ4v) is 4.69. The lowest BCUT2D eigenvalue weighted by Crippen LogP contribution is -2.52. The van der Waals surface area contributed by atoms with Crippen molar-refractivity contribution in [3.63, 3.8) is 0 Å². The number of hydrogen-bond donors (Lipinski definition) is 3. The van der Waals surface area contributed by atoms with Crippen LogP contribution in [-0.4, -0.2) is 55.0 Å². The molecule has 2 aromatic carbocycles. The van der Waals surface area contributed by atoms with E-state index in [1.807, 2.05) is 43.3 Å². The molecule has 0 radical (unpaired) electrons. The van der Waals surface area contributed by atoms with Crippen LogP contribution in [0, 0.1) is 11.8 Å². The van der Waals surface area contributed by atoms with Crippen LogP contribution in [-0.2, 0) is 19.1 Å². The van der Waals surface area contributed by atoms with Gasteiger partial charge in [-0.3, -0.25) is 4.79 Å². The summed E-state index contributed by atoms with van der Waals surface area (Å²) in [5, 5.41) is 14.8. The first-order valence-corrected chi connectivity index (χ1v) is 11.6. The van der Waals surface area contributed by atoms with E-state index in [2.05, 4.69) is 22.8 Å². The van der Waals surface area contributed by atoms with Crippen molar-refractivity contribution < 1.29 is 29.0 Å². The zero-order chi connectivity index (χ0) is 24.2. The normalized spacial score (nSPS) is 20.6. The molecule has 8 nitrogen and oxygen atoms in total. The van der Waals surface area contributed by atoms with Crippen molar-refractivity contribution in [2.24, 2.45) is 11.8 Å². The molecule has 2 aliphatic rings. The lowest BCUT2D eigenvalue weighted by atomic mass is 9.97. The number of carbonyl (C=O) groups excluding carboxylic acids is 2. The Labute approximate surface area is 198 Å². The van der Waals surface area contributed by atoms with E-state index in [9.17, 15) is 19.5 Å². The molecular weight excluding hydrogens is 436 g/mol. The lowest BCUT2D eigenvalue weighted by Gasteiger charge is -2.24. The molecule has 0 spiro atoms. The second-order valence-electron chi connectivity index (χ2n) is 8.93. The van der Waals surface area contributed by atoms with E-state index in [1.54, 1.807) is 6.92 Å². The third-order valence-corrected chi connectivity index (χ3v) is 6.84. The molecule has 1 aliphatic heterocycles. The van der Waals surface area contributed by atoms with Crippen LogP contribution in [0.15, 0.2) is 48.5 Å². The summed E-state index contributed by atoms with van der Waals surface area (Å²) in [5.41, 5.74) is 4.51. The van der Waals surface area contributed by atoms with E-state index in [1.165, 1.54) is 0 Å². The maximum Gasteiger partial charge on any atom is 0.407 e. The van der Waals surface area contributed by atoms with Crippen LogP contribution in [0.5, 0.6) is 0 Å². The number of carboxylic acids is 1. The SMILES string of the molecule is CCC(C)[C@H](NC(=O)C1COCC1NC(=O)OCC1c2ccccc2-c2ccccc21)C(=O)O. The second kappa shape index (κ2) is 10.3. The second-order valence-corrected chi connectivity index (χ2v) is 8.93. The molecule has 2 aromatic rings. The van der Waals surface area contributed by atoms with Crippen molar-refractivity contribution in [3.05, 3.63) is 59.7 Å².